The molecule has 1 radical (unpaired) electrons. The van der Waals surface area contributed by atoms with Crippen LogP contribution < -0.4 is 0 Å². The summed E-state index contributed by atoms with van der Waals surface area (Å²) in [4.78, 5) is 0. The van der Waals surface area contributed by atoms with Gasteiger partial charge in [-0.15, -0.1) is 10.2 Å². The molecule has 1 aromatic heterocycles. The van der Waals surface area contributed by atoms with Crippen molar-refractivity contribution in [3.8, 4) is 0 Å². The molecule has 5 nitrogen and oxygen atoms in total. The number of hydrogen-bond acceptors (Lipinski definition) is 4. The van der Waals surface area contributed by atoms with E-state index < -0.39 is 9.84 Å². The molecular weight excluding hydrogens is 154 g/mol. The fourth-order valence-corrected chi connectivity index (χ4v) is 1.29. The predicted octanol–water partition coefficient (Wildman–Crippen LogP) is -0.981. The molecule has 55 valence electrons. The maximum absolute atomic E-state index is 10.8. The number of sulfone groups is 1. The van der Waals surface area contributed by atoms with Crippen molar-refractivity contribution in [2.45, 2.75) is 5.16 Å². The van der Waals surface area contributed by atoms with E-state index in [2.05, 4.69) is 16.5 Å². The molecule has 0 aliphatic carbocycles. The minimum absolute atomic E-state index is 0.0625. The van der Waals surface area contributed by atoms with E-state index in [0.717, 1.165) is 6.26 Å². The van der Waals surface area contributed by atoms with Crippen LogP contribution in [0.5, 0.6) is 0 Å². The largest absolute Gasteiger partial charge is 0.298 e. The summed E-state index contributed by atoms with van der Waals surface area (Å²) in [5.41, 5.74) is 0. The van der Waals surface area contributed by atoms with E-state index in [-0.39, 0.29) is 5.16 Å². The van der Waals surface area contributed by atoms with Crippen LogP contribution in [0.4, 0.5) is 0 Å². The molecule has 0 saturated carbocycles. The molecule has 0 aromatic carbocycles. The van der Waals surface area contributed by atoms with E-state index in [1.165, 1.54) is 11.6 Å². The molecule has 0 saturated heterocycles. The van der Waals surface area contributed by atoms with Gasteiger partial charge >= 0.3 is 0 Å². The van der Waals surface area contributed by atoms with Crippen LogP contribution in [0.2, 0.25) is 0 Å². The summed E-state index contributed by atoms with van der Waals surface area (Å²) >= 11 is 0. The average molecular weight is 160 g/mol. The third kappa shape index (κ3) is 1.15. The molecule has 10 heavy (non-hydrogen) atoms. The summed E-state index contributed by atoms with van der Waals surface area (Å²) in [5, 5.41) is 6.59. The van der Waals surface area contributed by atoms with Crippen molar-refractivity contribution >= 4 is 9.84 Å². The van der Waals surface area contributed by atoms with Gasteiger partial charge < -0.3 is 0 Å². The lowest BCUT2D eigenvalue weighted by Gasteiger charge is -1.92. The highest BCUT2D eigenvalue weighted by atomic mass is 32.2. The highest BCUT2D eigenvalue weighted by Crippen LogP contribution is 1.99. The second-order valence-electron chi connectivity index (χ2n) is 1.91. The van der Waals surface area contributed by atoms with Crippen molar-refractivity contribution in [1.82, 2.24) is 14.8 Å². The fourth-order valence-electron chi connectivity index (χ4n) is 0.565. The normalized spacial score (nSPS) is 11.8. The first-order valence-corrected chi connectivity index (χ1v) is 4.38. The van der Waals surface area contributed by atoms with Gasteiger partial charge in [-0.1, -0.05) is 0 Å². The van der Waals surface area contributed by atoms with Gasteiger partial charge in [0.15, 0.2) is 0 Å². The predicted molar refractivity (Wildman–Crippen MR) is 32.9 cm³/mol. The second-order valence-corrected chi connectivity index (χ2v) is 3.82. The molecule has 1 aromatic rings. The Labute approximate surface area is 58.6 Å². The Morgan fingerprint density at radius 2 is 2.20 bits per heavy atom. The molecule has 1 heterocycles. The van der Waals surface area contributed by atoms with Gasteiger partial charge in [0.05, 0.1) is 0 Å². The van der Waals surface area contributed by atoms with Crippen molar-refractivity contribution < 1.29 is 8.42 Å². The van der Waals surface area contributed by atoms with Crippen LogP contribution in [0.1, 0.15) is 0 Å². The molecule has 0 fully saturated rings. The van der Waals surface area contributed by atoms with Gasteiger partial charge in [-0.25, -0.2) is 8.42 Å². The molecule has 0 N–H and O–H groups in total. The Morgan fingerprint density at radius 3 is 2.40 bits per heavy atom. The van der Waals surface area contributed by atoms with Gasteiger partial charge in [0.1, 0.15) is 0 Å². The highest BCUT2D eigenvalue weighted by molar-refractivity contribution is 7.90. The summed E-state index contributed by atoms with van der Waals surface area (Å²) in [7, 11) is -1.71. The number of hydrogen-bond donors (Lipinski definition) is 0. The third-order valence-electron chi connectivity index (χ3n) is 0.949. The topological polar surface area (TPSA) is 64.8 Å². The Morgan fingerprint density at radius 1 is 1.60 bits per heavy atom. The van der Waals surface area contributed by atoms with Crippen LogP contribution in [0.3, 0.4) is 0 Å². The summed E-state index contributed by atoms with van der Waals surface area (Å²) < 4.78 is 22.8. The molecule has 0 spiro atoms. The van der Waals surface area contributed by atoms with Gasteiger partial charge in [-0.05, 0) is 0 Å². The summed E-state index contributed by atoms with van der Waals surface area (Å²) in [6.45, 7) is 0. The highest BCUT2D eigenvalue weighted by Gasteiger charge is 2.12. The van der Waals surface area contributed by atoms with Gasteiger partial charge in [0.25, 0.3) is 0 Å². The molecule has 0 aliphatic rings. The lowest BCUT2D eigenvalue weighted by Crippen LogP contribution is -2.05. The first-order valence-electron chi connectivity index (χ1n) is 2.49. The van der Waals surface area contributed by atoms with E-state index in [9.17, 15) is 8.42 Å². The molecule has 0 unspecified atom stereocenters. The van der Waals surface area contributed by atoms with Gasteiger partial charge in [0, 0.05) is 13.3 Å². The zero-order valence-corrected chi connectivity index (χ0v) is 6.38. The van der Waals surface area contributed by atoms with Crippen LogP contribution >= 0.6 is 0 Å². The van der Waals surface area contributed by atoms with Gasteiger partial charge in [-0.3, -0.25) is 4.57 Å². The first-order chi connectivity index (χ1) is 4.52. The Bertz CT molecular complexity index is 326. The average Bonchev–Trinajstić information content (AvgIpc) is 2.11. The molecular formula is C4H6N3O2S. The van der Waals surface area contributed by atoms with Crippen molar-refractivity contribution in [1.29, 1.82) is 0 Å². The lowest BCUT2D eigenvalue weighted by molar-refractivity contribution is 0.584. The van der Waals surface area contributed by atoms with Crippen LogP contribution in [-0.4, -0.2) is 29.4 Å². The zero-order chi connectivity index (χ0) is 7.78. The second kappa shape index (κ2) is 2.05. The summed E-state index contributed by atoms with van der Waals surface area (Å²) in [6.07, 6.45) is 3.43. The molecule has 0 bridgehead atoms. The SMILES string of the molecule is Cn1[c]nnc1S(C)(=O)=O. The first kappa shape index (κ1) is 7.20. The Hall–Kier alpha value is -0.910. The molecule has 0 amide bonds. The quantitative estimate of drug-likeness (QED) is 0.529. The number of aryl methyl sites for hydroxylation is 1. The molecule has 0 atom stereocenters. The summed E-state index contributed by atoms with van der Waals surface area (Å²) in [6, 6.07) is 0. The van der Waals surface area contributed by atoms with Crippen LogP contribution in [-0.2, 0) is 16.9 Å². The number of rotatable bonds is 1. The minimum atomic E-state index is -3.23. The Kier molecular flexibility index (Phi) is 1.47. The number of nitrogens with zero attached hydrogens (tertiary/aromatic N) is 3. The lowest BCUT2D eigenvalue weighted by atomic mass is 11.1. The van der Waals surface area contributed by atoms with Crippen LogP contribution in [0.25, 0.3) is 0 Å². The maximum atomic E-state index is 10.8. The minimum Gasteiger partial charge on any atom is -0.298 e. The standard InChI is InChI=1S/C4H6N3O2S/c1-7-3-5-6-4(7)10(2,8)9/h1-2H3. The maximum Gasteiger partial charge on any atom is 0.249 e. The number of aromatic nitrogens is 3. The third-order valence-corrected chi connectivity index (χ3v) is 1.97. The summed E-state index contributed by atoms with van der Waals surface area (Å²) in [5.74, 6) is 0. The van der Waals surface area contributed by atoms with Crippen molar-refractivity contribution in [2.75, 3.05) is 6.26 Å². The molecule has 1 rings (SSSR count). The van der Waals surface area contributed by atoms with Gasteiger partial charge in [-0.2, -0.15) is 0 Å². The smallest absolute Gasteiger partial charge is 0.249 e. The monoisotopic (exact) mass is 160 g/mol. The van der Waals surface area contributed by atoms with Crippen LogP contribution in [0.15, 0.2) is 5.16 Å². The van der Waals surface area contributed by atoms with E-state index in [0.29, 0.717) is 0 Å². The fraction of sp³-hybridized carbons (Fsp3) is 0.500. The van der Waals surface area contributed by atoms with Gasteiger partial charge in [0.2, 0.25) is 21.3 Å². The van der Waals surface area contributed by atoms with Crippen LogP contribution in [0, 0.1) is 6.33 Å². The molecule has 6 heteroatoms. The Balaban J connectivity index is 3.32. The van der Waals surface area contributed by atoms with Crippen molar-refractivity contribution in [3.63, 3.8) is 0 Å². The van der Waals surface area contributed by atoms with Crippen molar-refractivity contribution in [2.24, 2.45) is 7.05 Å². The van der Waals surface area contributed by atoms with E-state index in [1.807, 2.05) is 0 Å². The molecule has 0 aliphatic heterocycles. The zero-order valence-electron chi connectivity index (χ0n) is 5.57. The van der Waals surface area contributed by atoms with E-state index in [1.54, 1.807) is 0 Å². The van der Waals surface area contributed by atoms with Crippen molar-refractivity contribution in [3.05, 3.63) is 6.33 Å². The van der Waals surface area contributed by atoms with E-state index in [4.69, 9.17) is 0 Å². The van der Waals surface area contributed by atoms with E-state index >= 15 is 0 Å².